The van der Waals surface area contributed by atoms with E-state index < -0.39 is 16.8 Å². The molecule has 0 aromatic carbocycles. The zero-order valence-corrected chi connectivity index (χ0v) is 7.76. The lowest BCUT2D eigenvalue weighted by atomic mass is 9.55. The molecule has 13 heavy (non-hydrogen) atoms. The van der Waals surface area contributed by atoms with Crippen LogP contribution < -0.4 is 0 Å². The van der Waals surface area contributed by atoms with Gasteiger partial charge in [0.15, 0.2) is 5.78 Å². The molecule has 70 valence electrons. The van der Waals surface area contributed by atoms with Crippen molar-refractivity contribution < 1.29 is 14.7 Å². The lowest BCUT2D eigenvalue weighted by Crippen LogP contribution is -2.50. The molecule has 1 fully saturated rings. The van der Waals surface area contributed by atoms with Crippen LogP contribution in [0.2, 0.25) is 0 Å². The van der Waals surface area contributed by atoms with E-state index in [1.54, 1.807) is 13.8 Å². The Morgan fingerprint density at radius 1 is 1.54 bits per heavy atom. The highest BCUT2D eigenvalue weighted by Crippen LogP contribution is 2.62. The second-order valence-electron chi connectivity index (χ2n) is 4.37. The van der Waals surface area contributed by atoms with Crippen LogP contribution >= 0.6 is 0 Å². The predicted octanol–water partition coefficient (Wildman–Crippen LogP) is 1.39. The third-order valence-corrected chi connectivity index (χ3v) is 3.67. The number of hydrogen-bond donors (Lipinski definition) is 1. The van der Waals surface area contributed by atoms with E-state index in [9.17, 15) is 9.59 Å². The third-order valence-electron chi connectivity index (χ3n) is 3.67. The average Bonchev–Trinajstić information content (AvgIpc) is 2.07. The molecule has 0 amide bonds. The first-order valence-corrected chi connectivity index (χ1v) is 4.42. The van der Waals surface area contributed by atoms with Gasteiger partial charge >= 0.3 is 5.97 Å². The summed E-state index contributed by atoms with van der Waals surface area (Å²) < 4.78 is 0. The highest BCUT2D eigenvalue weighted by Gasteiger charge is 2.64. The van der Waals surface area contributed by atoms with Gasteiger partial charge in [-0.2, -0.15) is 0 Å². The number of allylic oxidation sites excluding steroid dienone is 1. The lowest BCUT2D eigenvalue weighted by Gasteiger charge is -2.45. The van der Waals surface area contributed by atoms with Gasteiger partial charge in [0, 0.05) is 5.41 Å². The molecule has 0 bridgehead atoms. The number of carboxylic acids is 1. The van der Waals surface area contributed by atoms with Crippen LogP contribution in [0.3, 0.4) is 0 Å². The number of aliphatic carboxylic acids is 1. The summed E-state index contributed by atoms with van der Waals surface area (Å²) in [6.07, 6.45) is 2.89. The van der Waals surface area contributed by atoms with Crippen molar-refractivity contribution in [3.05, 3.63) is 11.6 Å². The van der Waals surface area contributed by atoms with E-state index in [4.69, 9.17) is 5.11 Å². The van der Waals surface area contributed by atoms with Gasteiger partial charge in [-0.1, -0.05) is 13.8 Å². The number of carboxylic acid groups (broad SMARTS) is 1. The van der Waals surface area contributed by atoms with Crippen LogP contribution in [0.25, 0.3) is 0 Å². The third kappa shape index (κ3) is 0.666. The molecule has 1 saturated carbocycles. The van der Waals surface area contributed by atoms with Crippen molar-refractivity contribution in [2.45, 2.75) is 26.7 Å². The monoisotopic (exact) mass is 180 g/mol. The number of fused-ring (bicyclic) bond motifs is 1. The van der Waals surface area contributed by atoms with E-state index in [0.717, 1.165) is 12.0 Å². The van der Waals surface area contributed by atoms with E-state index in [1.807, 2.05) is 0 Å². The van der Waals surface area contributed by atoms with Crippen LogP contribution in [0, 0.1) is 10.8 Å². The van der Waals surface area contributed by atoms with Gasteiger partial charge in [-0.25, -0.2) is 0 Å². The summed E-state index contributed by atoms with van der Waals surface area (Å²) in [7, 11) is 0. The smallest absolute Gasteiger partial charge is 0.314 e. The topological polar surface area (TPSA) is 54.4 Å². The highest BCUT2D eigenvalue weighted by atomic mass is 16.4. The first kappa shape index (κ1) is 8.48. The summed E-state index contributed by atoms with van der Waals surface area (Å²) in [6.45, 7) is 3.46. The first-order chi connectivity index (χ1) is 5.93. The Labute approximate surface area is 76.4 Å². The molecule has 1 N–H and O–H groups in total. The quantitative estimate of drug-likeness (QED) is 0.663. The van der Waals surface area contributed by atoms with Crippen molar-refractivity contribution in [2.75, 3.05) is 0 Å². The van der Waals surface area contributed by atoms with Crippen LogP contribution in [0.4, 0.5) is 0 Å². The van der Waals surface area contributed by atoms with Crippen molar-refractivity contribution in [2.24, 2.45) is 10.8 Å². The number of rotatable bonds is 1. The van der Waals surface area contributed by atoms with Crippen LogP contribution in [0.5, 0.6) is 0 Å². The van der Waals surface area contributed by atoms with Gasteiger partial charge in [0.05, 0.1) is 0 Å². The molecular weight excluding hydrogens is 168 g/mol. The van der Waals surface area contributed by atoms with Crippen molar-refractivity contribution in [1.29, 1.82) is 0 Å². The van der Waals surface area contributed by atoms with Crippen LogP contribution in [-0.2, 0) is 9.59 Å². The van der Waals surface area contributed by atoms with E-state index in [1.165, 1.54) is 6.08 Å². The molecule has 0 radical (unpaired) electrons. The Hall–Kier alpha value is -1.12. The molecular formula is C10H12O3. The Kier molecular flexibility index (Phi) is 1.32. The normalized spacial score (nSPS) is 34.9. The molecule has 2 aliphatic rings. The number of ketones is 1. The molecule has 0 aromatic heterocycles. The summed E-state index contributed by atoms with van der Waals surface area (Å²) >= 11 is 0. The SMILES string of the molecule is CC1(C)C(=O)C=C2CC[C@]21C(=O)O. The maximum atomic E-state index is 11.5. The lowest BCUT2D eigenvalue weighted by molar-refractivity contribution is -0.159. The molecule has 1 atom stereocenters. The first-order valence-electron chi connectivity index (χ1n) is 4.42. The van der Waals surface area contributed by atoms with Crippen molar-refractivity contribution >= 4 is 11.8 Å². The molecule has 0 heterocycles. The molecule has 0 unspecified atom stereocenters. The van der Waals surface area contributed by atoms with Gasteiger partial charge < -0.3 is 5.11 Å². The van der Waals surface area contributed by atoms with Gasteiger partial charge in [0.1, 0.15) is 5.41 Å². The fraction of sp³-hybridized carbons (Fsp3) is 0.600. The molecule has 0 aliphatic heterocycles. The van der Waals surface area contributed by atoms with E-state index in [0.29, 0.717) is 6.42 Å². The molecule has 0 saturated heterocycles. The standard InChI is InChI=1S/C10H12O3/c1-9(2)7(11)5-6-3-4-10(6,9)8(12)13/h5H,3-4H2,1-2H3,(H,12,13)/t10-/m1/s1. The van der Waals surface area contributed by atoms with E-state index in [-0.39, 0.29) is 5.78 Å². The summed E-state index contributed by atoms with van der Waals surface area (Å²) in [6, 6.07) is 0. The second-order valence-corrected chi connectivity index (χ2v) is 4.37. The van der Waals surface area contributed by atoms with Gasteiger partial charge in [0.25, 0.3) is 0 Å². The second kappa shape index (κ2) is 2.03. The minimum Gasteiger partial charge on any atom is -0.481 e. The summed E-state index contributed by atoms with van der Waals surface area (Å²) in [5.74, 6) is -0.886. The maximum absolute atomic E-state index is 11.5. The highest BCUT2D eigenvalue weighted by molar-refractivity contribution is 6.06. The van der Waals surface area contributed by atoms with Crippen LogP contribution in [0.15, 0.2) is 11.6 Å². The maximum Gasteiger partial charge on any atom is 0.314 e. The fourth-order valence-electron chi connectivity index (χ4n) is 2.49. The molecule has 2 aliphatic carbocycles. The van der Waals surface area contributed by atoms with Crippen molar-refractivity contribution in [3.8, 4) is 0 Å². The zero-order valence-electron chi connectivity index (χ0n) is 7.76. The molecule has 0 spiro atoms. The largest absolute Gasteiger partial charge is 0.481 e. The molecule has 0 aromatic rings. The van der Waals surface area contributed by atoms with Crippen LogP contribution in [-0.4, -0.2) is 16.9 Å². The number of hydrogen-bond acceptors (Lipinski definition) is 2. The van der Waals surface area contributed by atoms with Gasteiger partial charge in [-0.15, -0.1) is 0 Å². The van der Waals surface area contributed by atoms with Crippen molar-refractivity contribution in [1.82, 2.24) is 0 Å². The van der Waals surface area contributed by atoms with Crippen molar-refractivity contribution in [3.63, 3.8) is 0 Å². The fourth-order valence-corrected chi connectivity index (χ4v) is 2.49. The molecule has 3 nitrogen and oxygen atoms in total. The van der Waals surface area contributed by atoms with E-state index in [2.05, 4.69) is 0 Å². The summed E-state index contributed by atoms with van der Waals surface area (Å²) in [5, 5.41) is 9.15. The summed E-state index contributed by atoms with van der Waals surface area (Å²) in [4.78, 5) is 22.7. The molecule has 2 rings (SSSR count). The average molecular weight is 180 g/mol. The Balaban J connectivity index is 2.55. The Bertz CT molecular complexity index is 338. The molecule has 3 heteroatoms. The van der Waals surface area contributed by atoms with Gasteiger partial charge in [0.2, 0.25) is 0 Å². The van der Waals surface area contributed by atoms with Crippen LogP contribution in [0.1, 0.15) is 26.7 Å². The van der Waals surface area contributed by atoms with Gasteiger partial charge in [-0.05, 0) is 24.5 Å². The number of carbonyl (C=O) groups is 2. The summed E-state index contributed by atoms with van der Waals surface area (Å²) in [5.41, 5.74) is -0.800. The van der Waals surface area contributed by atoms with E-state index >= 15 is 0 Å². The van der Waals surface area contributed by atoms with Gasteiger partial charge in [-0.3, -0.25) is 9.59 Å². The zero-order chi connectivity index (χ0) is 9.85. The predicted molar refractivity (Wildman–Crippen MR) is 46.2 cm³/mol. The minimum absolute atomic E-state index is 0.0394. The Morgan fingerprint density at radius 3 is 2.38 bits per heavy atom. The Morgan fingerprint density at radius 2 is 2.15 bits per heavy atom. The minimum atomic E-state index is -0.871. The number of carbonyl (C=O) groups excluding carboxylic acids is 1.